The van der Waals surface area contributed by atoms with Crippen LogP contribution in [0.15, 0.2) is 16.6 Å². The van der Waals surface area contributed by atoms with E-state index in [1.54, 1.807) is 0 Å². The van der Waals surface area contributed by atoms with Gasteiger partial charge in [0.2, 0.25) is 0 Å². The third kappa shape index (κ3) is 2.52. The van der Waals surface area contributed by atoms with E-state index in [-0.39, 0.29) is 22.1 Å². The second-order valence-corrected chi connectivity index (χ2v) is 7.02. The van der Waals surface area contributed by atoms with Crippen molar-refractivity contribution in [3.05, 3.63) is 33.8 Å². The van der Waals surface area contributed by atoms with Crippen LogP contribution in [0.1, 0.15) is 44.2 Å². The van der Waals surface area contributed by atoms with Gasteiger partial charge in [-0.3, -0.25) is 0 Å². The van der Waals surface area contributed by atoms with Crippen molar-refractivity contribution < 1.29 is 8.78 Å². The highest BCUT2D eigenvalue weighted by atomic mass is 79.9. The van der Waals surface area contributed by atoms with Crippen molar-refractivity contribution in [2.24, 2.45) is 17.8 Å². The highest BCUT2D eigenvalue weighted by Gasteiger charge is 2.43. The van der Waals surface area contributed by atoms with Gasteiger partial charge in [0.25, 0.3) is 0 Å². The Balaban J connectivity index is 1.92. The fourth-order valence-corrected chi connectivity index (χ4v) is 4.51. The number of benzene rings is 1. The van der Waals surface area contributed by atoms with Crippen LogP contribution in [-0.4, -0.2) is 6.54 Å². The number of halogens is 3. The molecule has 110 valence electrons. The number of hydrogen-bond acceptors (Lipinski definition) is 1. The smallest absolute Gasteiger partial charge is 0.137 e. The minimum atomic E-state index is -0.382. The van der Waals surface area contributed by atoms with Crippen molar-refractivity contribution in [3.8, 4) is 0 Å². The lowest BCUT2D eigenvalue weighted by Crippen LogP contribution is -2.32. The molecule has 0 spiro atoms. The molecule has 4 unspecified atom stereocenters. The van der Waals surface area contributed by atoms with Gasteiger partial charge < -0.3 is 5.32 Å². The number of rotatable bonds is 4. The quantitative estimate of drug-likeness (QED) is 0.773. The molecule has 0 heterocycles. The van der Waals surface area contributed by atoms with Crippen molar-refractivity contribution in [1.82, 2.24) is 5.32 Å². The van der Waals surface area contributed by atoms with Crippen molar-refractivity contribution in [1.29, 1.82) is 0 Å². The lowest BCUT2D eigenvalue weighted by Gasteiger charge is -2.31. The molecule has 4 atom stereocenters. The van der Waals surface area contributed by atoms with Gasteiger partial charge in [-0.2, -0.15) is 0 Å². The molecule has 2 fully saturated rings. The largest absolute Gasteiger partial charge is 0.310 e. The van der Waals surface area contributed by atoms with Gasteiger partial charge in [-0.05, 0) is 71.6 Å². The molecule has 20 heavy (non-hydrogen) atoms. The Morgan fingerprint density at radius 1 is 1.25 bits per heavy atom. The summed E-state index contributed by atoms with van der Waals surface area (Å²) in [4.78, 5) is 0. The summed E-state index contributed by atoms with van der Waals surface area (Å²) in [7, 11) is 0. The Hall–Kier alpha value is -0.480. The van der Waals surface area contributed by atoms with Gasteiger partial charge in [-0.15, -0.1) is 0 Å². The highest BCUT2D eigenvalue weighted by Crippen LogP contribution is 2.52. The molecule has 2 bridgehead atoms. The first-order chi connectivity index (χ1) is 9.60. The summed E-state index contributed by atoms with van der Waals surface area (Å²) in [5.74, 6) is 1.23. The zero-order valence-corrected chi connectivity index (χ0v) is 13.2. The molecule has 3 rings (SSSR count). The summed E-state index contributed by atoms with van der Waals surface area (Å²) in [5, 5.41) is 3.39. The van der Waals surface area contributed by atoms with Crippen molar-refractivity contribution >= 4 is 15.9 Å². The molecule has 2 aliphatic carbocycles. The maximum atomic E-state index is 14.3. The highest BCUT2D eigenvalue weighted by molar-refractivity contribution is 9.10. The summed E-state index contributed by atoms with van der Waals surface area (Å²) in [6, 6.07) is 2.55. The van der Waals surface area contributed by atoms with Crippen molar-refractivity contribution in [2.75, 3.05) is 6.54 Å². The standard InChI is InChI=1S/C16H20BrF2N/c1-2-20-16(11-6-9-3-4-10(11)5-9)12-7-15(19)13(17)8-14(12)18/h7-11,16,20H,2-6H2,1H3. The van der Waals surface area contributed by atoms with E-state index in [4.69, 9.17) is 0 Å². The van der Waals surface area contributed by atoms with Gasteiger partial charge in [0.15, 0.2) is 0 Å². The van der Waals surface area contributed by atoms with Crippen LogP contribution in [0.2, 0.25) is 0 Å². The van der Waals surface area contributed by atoms with E-state index in [0.29, 0.717) is 17.4 Å². The Kier molecular flexibility index (Phi) is 4.14. The number of nitrogens with one attached hydrogen (secondary N) is 1. The normalized spacial score (nSPS) is 29.9. The molecule has 4 heteroatoms. The Morgan fingerprint density at radius 3 is 2.65 bits per heavy atom. The van der Waals surface area contributed by atoms with Crippen LogP contribution in [0.25, 0.3) is 0 Å². The first-order valence-corrected chi connectivity index (χ1v) is 8.27. The summed E-state index contributed by atoms with van der Waals surface area (Å²) in [5.41, 5.74) is 0.491. The molecular weight excluding hydrogens is 324 g/mol. The zero-order valence-electron chi connectivity index (χ0n) is 11.6. The third-order valence-corrected chi connectivity index (χ3v) is 5.63. The molecule has 1 aromatic rings. The first kappa shape index (κ1) is 14.5. The van der Waals surface area contributed by atoms with Crippen molar-refractivity contribution in [2.45, 2.75) is 38.6 Å². The van der Waals surface area contributed by atoms with Gasteiger partial charge in [0, 0.05) is 11.6 Å². The molecule has 1 aromatic carbocycles. The van der Waals surface area contributed by atoms with Crippen molar-refractivity contribution in [3.63, 3.8) is 0 Å². The molecule has 0 saturated heterocycles. The molecular formula is C16H20BrF2N. The van der Waals surface area contributed by atoms with Crippen LogP contribution in [-0.2, 0) is 0 Å². The van der Waals surface area contributed by atoms with Gasteiger partial charge in [-0.1, -0.05) is 13.3 Å². The van der Waals surface area contributed by atoms with E-state index in [9.17, 15) is 8.78 Å². The molecule has 0 amide bonds. The second kappa shape index (κ2) is 5.72. The van der Waals surface area contributed by atoms with E-state index in [1.165, 1.54) is 31.4 Å². The van der Waals surface area contributed by atoms with Crippen LogP contribution in [0.4, 0.5) is 8.78 Å². The number of hydrogen-bond donors (Lipinski definition) is 1. The van der Waals surface area contributed by atoms with Gasteiger partial charge in [0.1, 0.15) is 11.6 Å². The molecule has 0 aromatic heterocycles. The van der Waals surface area contributed by atoms with Crippen LogP contribution >= 0.6 is 15.9 Å². The maximum Gasteiger partial charge on any atom is 0.137 e. The fraction of sp³-hybridized carbons (Fsp3) is 0.625. The van der Waals surface area contributed by atoms with Gasteiger partial charge in [-0.25, -0.2) is 8.78 Å². The average Bonchev–Trinajstić information content (AvgIpc) is 3.03. The van der Waals surface area contributed by atoms with E-state index in [0.717, 1.165) is 18.9 Å². The van der Waals surface area contributed by atoms with E-state index in [1.807, 2.05) is 6.92 Å². The Morgan fingerprint density at radius 2 is 2.05 bits per heavy atom. The summed E-state index contributed by atoms with van der Waals surface area (Å²) < 4.78 is 28.3. The van der Waals surface area contributed by atoms with Crippen LogP contribution in [0, 0.1) is 29.4 Å². The lowest BCUT2D eigenvalue weighted by atomic mass is 9.80. The minimum Gasteiger partial charge on any atom is -0.310 e. The first-order valence-electron chi connectivity index (χ1n) is 7.48. The van der Waals surface area contributed by atoms with Crippen LogP contribution < -0.4 is 5.32 Å². The minimum absolute atomic E-state index is 0.0575. The maximum absolute atomic E-state index is 14.3. The predicted octanol–water partition coefficient (Wildman–Crippen LogP) is 4.81. The van der Waals surface area contributed by atoms with E-state index in [2.05, 4.69) is 21.2 Å². The van der Waals surface area contributed by atoms with Gasteiger partial charge >= 0.3 is 0 Å². The van der Waals surface area contributed by atoms with Crippen LogP contribution in [0.5, 0.6) is 0 Å². The monoisotopic (exact) mass is 343 g/mol. The average molecular weight is 344 g/mol. The summed E-state index contributed by atoms with van der Waals surface area (Å²) >= 11 is 3.05. The number of fused-ring (bicyclic) bond motifs is 2. The van der Waals surface area contributed by atoms with E-state index < -0.39 is 0 Å². The van der Waals surface area contributed by atoms with E-state index >= 15 is 0 Å². The third-order valence-electron chi connectivity index (χ3n) is 5.02. The van der Waals surface area contributed by atoms with Crippen LogP contribution in [0.3, 0.4) is 0 Å². The lowest BCUT2D eigenvalue weighted by molar-refractivity contribution is 0.248. The molecule has 1 N–H and O–H groups in total. The SMILES string of the molecule is CCNC(c1cc(F)c(Br)cc1F)C1CC2CCC1C2. The summed E-state index contributed by atoms with van der Waals surface area (Å²) in [6.07, 6.45) is 4.99. The topological polar surface area (TPSA) is 12.0 Å². The molecule has 2 saturated carbocycles. The Labute approximate surface area is 127 Å². The molecule has 2 aliphatic rings. The van der Waals surface area contributed by atoms with Gasteiger partial charge in [0.05, 0.1) is 4.47 Å². The molecule has 1 nitrogen and oxygen atoms in total. The molecule has 0 radical (unpaired) electrons. The predicted molar refractivity (Wildman–Crippen MR) is 79.4 cm³/mol. The zero-order chi connectivity index (χ0) is 14.3. The molecule has 0 aliphatic heterocycles. The summed E-state index contributed by atoms with van der Waals surface area (Å²) in [6.45, 7) is 2.79. The Bertz CT molecular complexity index is 505. The fourth-order valence-electron chi connectivity index (χ4n) is 4.19. The second-order valence-electron chi connectivity index (χ2n) is 6.16.